The lowest BCUT2D eigenvalue weighted by atomic mass is 10.1. The molecule has 0 radical (unpaired) electrons. The number of aromatic nitrogens is 2. The van der Waals surface area contributed by atoms with Crippen LogP contribution in [0.15, 0.2) is 83.7 Å². The molecule has 0 fully saturated rings. The summed E-state index contributed by atoms with van der Waals surface area (Å²) in [5, 5.41) is 0.569. The van der Waals surface area contributed by atoms with Crippen molar-refractivity contribution in [1.82, 2.24) is 14.5 Å². The van der Waals surface area contributed by atoms with E-state index in [1.807, 2.05) is 97.6 Å². The Morgan fingerprint density at radius 3 is 2.38 bits per heavy atom. The van der Waals surface area contributed by atoms with E-state index in [-0.39, 0.29) is 17.5 Å². The van der Waals surface area contributed by atoms with Crippen molar-refractivity contribution in [1.29, 1.82) is 0 Å². The summed E-state index contributed by atoms with van der Waals surface area (Å²) in [6.07, 6.45) is 1.92. The number of aryl methyl sites for hydroxylation is 2. The quantitative estimate of drug-likeness (QED) is 0.348. The predicted molar refractivity (Wildman–Crippen MR) is 137 cm³/mol. The average molecular weight is 454 g/mol. The molecular weight excluding hydrogens is 422 g/mol. The first-order valence-corrected chi connectivity index (χ1v) is 11.9. The third kappa shape index (κ3) is 4.79. The maximum absolute atomic E-state index is 13.7. The molecule has 1 unspecified atom stereocenters. The molecule has 34 heavy (non-hydrogen) atoms. The summed E-state index contributed by atoms with van der Waals surface area (Å²) in [5.74, 6) is 0.649. The fourth-order valence-electron chi connectivity index (χ4n) is 4.43. The highest BCUT2D eigenvalue weighted by atomic mass is 16.2. The molecular formula is C29H31N3O2. The van der Waals surface area contributed by atoms with Crippen molar-refractivity contribution in [3.8, 4) is 5.69 Å². The summed E-state index contributed by atoms with van der Waals surface area (Å²) in [7, 11) is 0. The van der Waals surface area contributed by atoms with Crippen molar-refractivity contribution in [3.63, 3.8) is 0 Å². The van der Waals surface area contributed by atoms with E-state index in [0.29, 0.717) is 36.1 Å². The number of rotatable bonds is 8. The number of para-hydroxylation sites is 2. The summed E-state index contributed by atoms with van der Waals surface area (Å²) in [6, 6.07) is 24.9. The highest BCUT2D eigenvalue weighted by molar-refractivity contribution is 5.79. The van der Waals surface area contributed by atoms with Crippen LogP contribution in [0.5, 0.6) is 0 Å². The van der Waals surface area contributed by atoms with Crippen LogP contribution in [-0.2, 0) is 11.2 Å². The van der Waals surface area contributed by atoms with Gasteiger partial charge >= 0.3 is 0 Å². The minimum atomic E-state index is -0.361. The molecule has 1 heterocycles. The van der Waals surface area contributed by atoms with Crippen molar-refractivity contribution in [2.45, 2.75) is 46.1 Å². The van der Waals surface area contributed by atoms with Gasteiger partial charge < -0.3 is 4.90 Å². The molecule has 4 rings (SSSR count). The van der Waals surface area contributed by atoms with E-state index in [0.717, 1.165) is 23.2 Å². The Morgan fingerprint density at radius 2 is 1.65 bits per heavy atom. The van der Waals surface area contributed by atoms with E-state index in [1.165, 1.54) is 0 Å². The zero-order chi connectivity index (χ0) is 24.1. The van der Waals surface area contributed by atoms with Gasteiger partial charge in [0.05, 0.1) is 22.6 Å². The Balaban J connectivity index is 1.78. The molecule has 3 aromatic carbocycles. The van der Waals surface area contributed by atoms with E-state index < -0.39 is 0 Å². The molecule has 0 bridgehead atoms. The van der Waals surface area contributed by atoms with Gasteiger partial charge in [-0.1, -0.05) is 67.6 Å². The summed E-state index contributed by atoms with van der Waals surface area (Å²) in [5.41, 5.74) is 3.44. The maximum Gasteiger partial charge on any atom is 0.266 e. The Morgan fingerprint density at radius 1 is 0.971 bits per heavy atom. The molecule has 0 saturated carbocycles. The Bertz CT molecular complexity index is 1340. The summed E-state index contributed by atoms with van der Waals surface area (Å²) < 4.78 is 1.69. The van der Waals surface area contributed by atoms with E-state index in [4.69, 9.17) is 4.98 Å². The first-order chi connectivity index (χ1) is 16.5. The van der Waals surface area contributed by atoms with Crippen LogP contribution in [0, 0.1) is 6.92 Å². The van der Waals surface area contributed by atoms with Crippen LogP contribution >= 0.6 is 0 Å². The fraction of sp³-hybridized carbons (Fsp3) is 0.276. The van der Waals surface area contributed by atoms with Crippen molar-refractivity contribution in [2.75, 3.05) is 6.54 Å². The third-order valence-electron chi connectivity index (χ3n) is 6.25. The first-order valence-electron chi connectivity index (χ1n) is 11.9. The Labute approximate surface area is 200 Å². The van der Waals surface area contributed by atoms with Crippen molar-refractivity contribution < 1.29 is 4.79 Å². The average Bonchev–Trinajstić information content (AvgIpc) is 2.86. The zero-order valence-electron chi connectivity index (χ0n) is 20.1. The Hall–Kier alpha value is -3.73. The van der Waals surface area contributed by atoms with Crippen LogP contribution in [-0.4, -0.2) is 26.9 Å². The third-order valence-corrected chi connectivity index (χ3v) is 6.25. The van der Waals surface area contributed by atoms with Crippen LogP contribution in [0.1, 0.15) is 49.7 Å². The molecule has 5 heteroatoms. The van der Waals surface area contributed by atoms with Gasteiger partial charge in [0.25, 0.3) is 5.56 Å². The second kappa shape index (κ2) is 10.5. The number of hydrogen-bond acceptors (Lipinski definition) is 3. The molecule has 0 saturated heterocycles. The maximum atomic E-state index is 13.7. The minimum Gasteiger partial charge on any atom is -0.333 e. The monoisotopic (exact) mass is 453 g/mol. The van der Waals surface area contributed by atoms with E-state index >= 15 is 0 Å². The van der Waals surface area contributed by atoms with Gasteiger partial charge in [0.15, 0.2) is 0 Å². The normalized spacial score (nSPS) is 12.0. The number of nitrogens with zero attached hydrogens (tertiary/aromatic N) is 3. The Kier molecular flexibility index (Phi) is 7.21. The molecule has 1 amide bonds. The van der Waals surface area contributed by atoms with Crippen molar-refractivity contribution >= 4 is 16.8 Å². The van der Waals surface area contributed by atoms with Gasteiger partial charge in [-0.3, -0.25) is 14.2 Å². The van der Waals surface area contributed by atoms with E-state index in [2.05, 4.69) is 6.92 Å². The zero-order valence-corrected chi connectivity index (χ0v) is 20.1. The lowest BCUT2D eigenvalue weighted by Crippen LogP contribution is -2.38. The topological polar surface area (TPSA) is 55.2 Å². The number of benzene rings is 3. The lowest BCUT2D eigenvalue weighted by molar-refractivity contribution is -0.133. The van der Waals surface area contributed by atoms with Crippen LogP contribution in [0.4, 0.5) is 0 Å². The van der Waals surface area contributed by atoms with E-state index in [1.54, 1.807) is 4.57 Å². The largest absolute Gasteiger partial charge is 0.333 e. The van der Waals surface area contributed by atoms with Crippen LogP contribution in [0.2, 0.25) is 0 Å². The number of carbonyl (C=O) groups excluding carboxylic acids is 1. The second-order valence-corrected chi connectivity index (χ2v) is 8.66. The molecule has 0 aliphatic carbocycles. The molecule has 0 spiro atoms. The molecule has 4 aromatic rings. The van der Waals surface area contributed by atoms with Gasteiger partial charge in [0, 0.05) is 13.0 Å². The highest BCUT2D eigenvalue weighted by Gasteiger charge is 2.26. The number of carbonyl (C=O) groups is 1. The summed E-state index contributed by atoms with van der Waals surface area (Å²) >= 11 is 0. The highest BCUT2D eigenvalue weighted by Crippen LogP contribution is 2.25. The molecule has 0 N–H and O–H groups in total. The summed E-state index contributed by atoms with van der Waals surface area (Å²) in [4.78, 5) is 33.9. The van der Waals surface area contributed by atoms with Crippen molar-refractivity contribution in [3.05, 3.63) is 106 Å². The molecule has 0 aliphatic rings. The minimum absolute atomic E-state index is 0.0666. The molecule has 5 nitrogen and oxygen atoms in total. The predicted octanol–water partition coefficient (Wildman–Crippen LogP) is 5.63. The summed E-state index contributed by atoms with van der Waals surface area (Å²) in [6.45, 7) is 6.62. The second-order valence-electron chi connectivity index (χ2n) is 8.66. The van der Waals surface area contributed by atoms with Gasteiger partial charge in [-0.25, -0.2) is 4.98 Å². The molecule has 0 aliphatic heterocycles. The van der Waals surface area contributed by atoms with Crippen LogP contribution in [0.3, 0.4) is 0 Å². The van der Waals surface area contributed by atoms with Crippen LogP contribution in [0.25, 0.3) is 16.6 Å². The first kappa shape index (κ1) is 23.4. The van der Waals surface area contributed by atoms with Crippen molar-refractivity contribution in [2.24, 2.45) is 0 Å². The number of hydrogen-bond donors (Lipinski definition) is 0. The number of amides is 1. The van der Waals surface area contributed by atoms with Crippen LogP contribution < -0.4 is 5.56 Å². The standard InChI is InChI=1S/C29H31N3O2/c1-4-20-31(27(33)19-18-23-13-6-5-7-14-23)22(3)28-30-25-16-10-9-15-24(25)29(34)32(28)26-17-11-8-12-21(26)2/h5-17,22H,4,18-20H2,1-3H3. The SMILES string of the molecule is CCCN(C(=O)CCc1ccccc1)C(C)c1nc2ccccc2c(=O)n1-c1ccccc1C. The van der Waals surface area contributed by atoms with Gasteiger partial charge in [0.2, 0.25) is 5.91 Å². The van der Waals surface area contributed by atoms with Gasteiger partial charge in [-0.05, 0) is 56.0 Å². The molecule has 1 aromatic heterocycles. The van der Waals surface area contributed by atoms with Gasteiger partial charge in [-0.2, -0.15) is 0 Å². The lowest BCUT2D eigenvalue weighted by Gasteiger charge is -2.30. The molecule has 174 valence electrons. The fourth-order valence-corrected chi connectivity index (χ4v) is 4.43. The van der Waals surface area contributed by atoms with Gasteiger partial charge in [0.1, 0.15) is 5.82 Å². The van der Waals surface area contributed by atoms with E-state index in [9.17, 15) is 9.59 Å². The number of fused-ring (bicyclic) bond motifs is 1. The molecule has 1 atom stereocenters. The van der Waals surface area contributed by atoms with Gasteiger partial charge in [-0.15, -0.1) is 0 Å². The smallest absolute Gasteiger partial charge is 0.266 e.